The first-order valence-electron chi connectivity index (χ1n) is 6.38. The van der Waals surface area contributed by atoms with E-state index in [0.717, 1.165) is 31.0 Å². The van der Waals surface area contributed by atoms with Gasteiger partial charge >= 0.3 is 0 Å². The summed E-state index contributed by atoms with van der Waals surface area (Å²) in [7, 11) is 0. The van der Waals surface area contributed by atoms with Gasteiger partial charge < -0.3 is 9.55 Å². The number of hydrogen-bond acceptors (Lipinski definition) is 2. The van der Waals surface area contributed by atoms with Crippen LogP contribution in [0.15, 0.2) is 30.5 Å². The minimum atomic E-state index is 0.858. The highest BCUT2D eigenvalue weighted by Crippen LogP contribution is 2.22. The van der Waals surface area contributed by atoms with E-state index < -0.39 is 0 Å². The van der Waals surface area contributed by atoms with E-state index in [0.29, 0.717) is 0 Å². The molecule has 4 rings (SSSR count). The topological polar surface area (TPSA) is 46.5 Å². The van der Waals surface area contributed by atoms with E-state index >= 15 is 0 Å². The van der Waals surface area contributed by atoms with Crippen LogP contribution in [0.4, 0.5) is 0 Å². The van der Waals surface area contributed by atoms with E-state index in [-0.39, 0.29) is 0 Å². The average Bonchev–Trinajstić information content (AvgIpc) is 3.08. The molecule has 3 heterocycles. The van der Waals surface area contributed by atoms with Gasteiger partial charge in [0.2, 0.25) is 0 Å². The molecule has 2 aromatic heterocycles. The van der Waals surface area contributed by atoms with Gasteiger partial charge in [-0.05, 0) is 18.1 Å². The van der Waals surface area contributed by atoms with Crippen LogP contribution in [0.25, 0.3) is 10.9 Å². The Morgan fingerprint density at radius 3 is 3.17 bits per heavy atom. The zero-order chi connectivity index (χ0) is 11.9. The largest absolute Gasteiger partial charge is 0.361 e. The van der Waals surface area contributed by atoms with Gasteiger partial charge in [0.25, 0.3) is 0 Å². The Balaban J connectivity index is 1.76. The van der Waals surface area contributed by atoms with Crippen molar-refractivity contribution in [3.05, 3.63) is 47.7 Å². The molecule has 0 aliphatic carbocycles. The van der Waals surface area contributed by atoms with E-state index in [1.54, 1.807) is 0 Å². The first-order valence-corrected chi connectivity index (χ1v) is 6.38. The lowest BCUT2D eigenvalue weighted by Crippen LogP contribution is -2.01. The quantitative estimate of drug-likeness (QED) is 0.744. The molecule has 90 valence electrons. The predicted octanol–water partition coefficient (Wildman–Crippen LogP) is 2.30. The molecule has 1 aliphatic heterocycles. The fourth-order valence-corrected chi connectivity index (χ4v) is 2.79. The summed E-state index contributed by atoms with van der Waals surface area (Å²) in [4.78, 5) is 3.31. The zero-order valence-corrected chi connectivity index (χ0v) is 10.1. The average molecular weight is 238 g/mol. The van der Waals surface area contributed by atoms with Gasteiger partial charge in [0.05, 0.1) is 0 Å². The van der Waals surface area contributed by atoms with E-state index in [1.165, 1.54) is 22.9 Å². The normalized spacial score (nSPS) is 14.2. The summed E-state index contributed by atoms with van der Waals surface area (Å²) in [5, 5.41) is 9.86. The Morgan fingerprint density at radius 1 is 1.22 bits per heavy atom. The molecule has 0 saturated heterocycles. The van der Waals surface area contributed by atoms with Crippen molar-refractivity contribution >= 4 is 10.9 Å². The van der Waals surface area contributed by atoms with Crippen molar-refractivity contribution in [2.45, 2.75) is 25.8 Å². The number of hydrogen-bond donors (Lipinski definition) is 1. The molecule has 0 unspecified atom stereocenters. The minimum absolute atomic E-state index is 0.858. The summed E-state index contributed by atoms with van der Waals surface area (Å²) in [6, 6.07) is 8.39. The van der Waals surface area contributed by atoms with Crippen LogP contribution in [-0.2, 0) is 19.4 Å². The number of aryl methyl sites for hydroxylation is 1. The van der Waals surface area contributed by atoms with Crippen LogP contribution in [0, 0.1) is 0 Å². The lowest BCUT2D eigenvalue weighted by atomic mass is 10.1. The highest BCUT2D eigenvalue weighted by molar-refractivity contribution is 5.83. The Labute approximate surface area is 105 Å². The monoisotopic (exact) mass is 238 g/mol. The van der Waals surface area contributed by atoms with Crippen molar-refractivity contribution < 1.29 is 0 Å². The van der Waals surface area contributed by atoms with Gasteiger partial charge in [-0.25, -0.2) is 0 Å². The van der Waals surface area contributed by atoms with Crippen molar-refractivity contribution in [2.24, 2.45) is 0 Å². The molecule has 3 aromatic rings. The number of aromatic nitrogens is 4. The Kier molecular flexibility index (Phi) is 2.03. The molecule has 0 amide bonds. The number of benzene rings is 1. The lowest BCUT2D eigenvalue weighted by molar-refractivity contribution is 0.700. The van der Waals surface area contributed by atoms with E-state index in [9.17, 15) is 0 Å². The number of aromatic amines is 1. The highest BCUT2D eigenvalue weighted by atomic mass is 15.3. The molecule has 4 nitrogen and oxygen atoms in total. The standard InChI is InChI=1S/C14H14N4/c1-2-5-12-11(4-1)10(9-15-12)8-14-17-16-13-6-3-7-18(13)14/h1-2,4-5,9,15H,3,6-8H2. The van der Waals surface area contributed by atoms with Gasteiger partial charge in [0, 0.05) is 36.5 Å². The summed E-state index contributed by atoms with van der Waals surface area (Å²) in [5.41, 5.74) is 2.49. The first kappa shape index (κ1) is 9.88. The van der Waals surface area contributed by atoms with E-state index in [2.05, 4.69) is 50.2 Å². The third-order valence-corrected chi connectivity index (χ3v) is 3.71. The molecule has 0 spiro atoms. The van der Waals surface area contributed by atoms with Gasteiger partial charge in [0.15, 0.2) is 0 Å². The highest BCUT2D eigenvalue weighted by Gasteiger charge is 2.18. The summed E-state index contributed by atoms with van der Waals surface area (Å²) in [6.45, 7) is 1.07. The number of rotatable bonds is 2. The van der Waals surface area contributed by atoms with Gasteiger partial charge in [-0.15, -0.1) is 10.2 Å². The van der Waals surface area contributed by atoms with Gasteiger partial charge in [-0.3, -0.25) is 0 Å². The van der Waals surface area contributed by atoms with Crippen LogP contribution in [0.2, 0.25) is 0 Å². The number of H-pyrrole nitrogens is 1. The Hall–Kier alpha value is -2.10. The van der Waals surface area contributed by atoms with Crippen LogP contribution in [0.3, 0.4) is 0 Å². The van der Waals surface area contributed by atoms with Crippen molar-refractivity contribution in [1.82, 2.24) is 19.7 Å². The zero-order valence-electron chi connectivity index (χ0n) is 10.1. The Bertz CT molecular complexity index is 707. The van der Waals surface area contributed by atoms with Gasteiger partial charge in [-0.2, -0.15) is 0 Å². The summed E-state index contributed by atoms with van der Waals surface area (Å²) in [6.07, 6.45) is 5.21. The van der Waals surface area contributed by atoms with Crippen LogP contribution in [0.5, 0.6) is 0 Å². The summed E-state index contributed by atoms with van der Waals surface area (Å²) < 4.78 is 2.27. The molecule has 4 heteroatoms. The number of para-hydroxylation sites is 1. The van der Waals surface area contributed by atoms with Crippen LogP contribution < -0.4 is 0 Å². The van der Waals surface area contributed by atoms with E-state index in [1.807, 2.05) is 0 Å². The Morgan fingerprint density at radius 2 is 2.17 bits per heavy atom. The molecule has 0 bridgehead atoms. The van der Waals surface area contributed by atoms with Gasteiger partial charge in [-0.1, -0.05) is 18.2 Å². The molecular formula is C14H14N4. The second kappa shape index (κ2) is 3.70. The molecule has 1 aliphatic rings. The number of fused-ring (bicyclic) bond motifs is 2. The van der Waals surface area contributed by atoms with Gasteiger partial charge in [0.1, 0.15) is 11.6 Å². The second-order valence-corrected chi connectivity index (χ2v) is 4.82. The summed E-state index contributed by atoms with van der Waals surface area (Å²) >= 11 is 0. The number of nitrogens with one attached hydrogen (secondary N) is 1. The maximum atomic E-state index is 4.32. The van der Waals surface area contributed by atoms with Crippen LogP contribution >= 0.6 is 0 Å². The fraction of sp³-hybridized carbons (Fsp3) is 0.286. The first-order chi connectivity index (χ1) is 8.92. The smallest absolute Gasteiger partial charge is 0.137 e. The van der Waals surface area contributed by atoms with Crippen LogP contribution in [-0.4, -0.2) is 19.7 Å². The van der Waals surface area contributed by atoms with Crippen molar-refractivity contribution in [3.8, 4) is 0 Å². The molecule has 1 aromatic carbocycles. The maximum Gasteiger partial charge on any atom is 0.137 e. The third kappa shape index (κ3) is 1.38. The molecule has 0 saturated carbocycles. The second-order valence-electron chi connectivity index (χ2n) is 4.82. The lowest BCUT2D eigenvalue weighted by Gasteiger charge is -2.01. The SMILES string of the molecule is c1ccc2c(Cc3nnc4n3CCC4)c[nH]c2c1. The molecule has 0 atom stereocenters. The minimum Gasteiger partial charge on any atom is -0.361 e. The third-order valence-electron chi connectivity index (χ3n) is 3.71. The van der Waals surface area contributed by atoms with E-state index in [4.69, 9.17) is 0 Å². The molecule has 0 radical (unpaired) electrons. The maximum absolute atomic E-state index is 4.32. The molecule has 18 heavy (non-hydrogen) atoms. The van der Waals surface area contributed by atoms with Crippen molar-refractivity contribution in [1.29, 1.82) is 0 Å². The van der Waals surface area contributed by atoms with Crippen molar-refractivity contribution in [2.75, 3.05) is 0 Å². The molecule has 1 N–H and O–H groups in total. The molecular weight excluding hydrogens is 224 g/mol. The predicted molar refractivity (Wildman–Crippen MR) is 69.4 cm³/mol. The molecule has 0 fully saturated rings. The fourth-order valence-electron chi connectivity index (χ4n) is 2.79. The van der Waals surface area contributed by atoms with Crippen LogP contribution in [0.1, 0.15) is 23.6 Å². The summed E-state index contributed by atoms with van der Waals surface area (Å²) in [5.74, 6) is 2.23. The van der Waals surface area contributed by atoms with Crippen molar-refractivity contribution in [3.63, 3.8) is 0 Å². The number of nitrogens with zero attached hydrogens (tertiary/aromatic N) is 3.